The van der Waals surface area contributed by atoms with E-state index in [1.54, 1.807) is 25.0 Å². The Morgan fingerprint density at radius 3 is 2.59 bits per heavy atom. The predicted molar refractivity (Wildman–Crippen MR) is 133 cm³/mol. The standard InChI is InChI=1S/C19H30ClN7S.HI/c1-14(2)13-27-17(25-26-19(27)28-4)6-5-10-22-18(21-3)23-11-9-15-7-8-16(20)24-12-15;/h7-8,12,14H,5-6,9-11,13H2,1-4H3,(H2,21,22,23);1H. The molecule has 2 N–H and O–H groups in total. The van der Waals surface area contributed by atoms with Crippen LogP contribution >= 0.6 is 47.3 Å². The molecule has 2 aromatic heterocycles. The molecule has 0 aliphatic rings. The van der Waals surface area contributed by atoms with Gasteiger partial charge in [0.2, 0.25) is 0 Å². The summed E-state index contributed by atoms with van der Waals surface area (Å²) in [5.41, 5.74) is 1.14. The summed E-state index contributed by atoms with van der Waals surface area (Å²) in [6, 6.07) is 3.80. The minimum Gasteiger partial charge on any atom is -0.356 e. The van der Waals surface area contributed by atoms with Crippen LogP contribution in [0.25, 0.3) is 0 Å². The van der Waals surface area contributed by atoms with Gasteiger partial charge in [-0.25, -0.2) is 4.98 Å². The van der Waals surface area contributed by atoms with E-state index < -0.39 is 0 Å². The van der Waals surface area contributed by atoms with Gasteiger partial charge in [0.1, 0.15) is 11.0 Å². The van der Waals surface area contributed by atoms with Crippen molar-refractivity contribution < 1.29 is 0 Å². The molecule has 0 aliphatic heterocycles. The minimum atomic E-state index is 0. The largest absolute Gasteiger partial charge is 0.356 e. The molecule has 0 unspecified atom stereocenters. The zero-order valence-corrected chi connectivity index (χ0v) is 21.4. The molecule has 0 bridgehead atoms. The smallest absolute Gasteiger partial charge is 0.190 e. The number of pyridine rings is 1. The molecule has 10 heteroatoms. The number of nitrogens with one attached hydrogen (secondary N) is 2. The Kier molecular flexibility index (Phi) is 12.6. The zero-order chi connectivity index (χ0) is 20.4. The summed E-state index contributed by atoms with van der Waals surface area (Å²) in [5.74, 6) is 2.42. The van der Waals surface area contributed by atoms with Crippen molar-refractivity contribution in [3.63, 3.8) is 0 Å². The number of guanidine groups is 1. The fourth-order valence-corrected chi connectivity index (χ4v) is 3.39. The summed E-state index contributed by atoms with van der Waals surface area (Å²) < 4.78 is 2.24. The van der Waals surface area contributed by atoms with Crippen molar-refractivity contribution in [2.24, 2.45) is 10.9 Å². The highest BCUT2D eigenvalue weighted by molar-refractivity contribution is 14.0. The molecule has 0 aliphatic carbocycles. The Balaban J connectivity index is 0.00000420. The molecule has 0 saturated carbocycles. The molecule has 0 spiro atoms. The molecule has 0 amide bonds. The molecule has 7 nitrogen and oxygen atoms in total. The van der Waals surface area contributed by atoms with Crippen LogP contribution in [0.15, 0.2) is 28.5 Å². The van der Waals surface area contributed by atoms with E-state index in [9.17, 15) is 0 Å². The van der Waals surface area contributed by atoms with Gasteiger partial charge in [0.15, 0.2) is 11.1 Å². The number of aryl methyl sites for hydroxylation is 1. The third kappa shape index (κ3) is 9.08. The number of hydrogen-bond donors (Lipinski definition) is 2. The monoisotopic (exact) mass is 551 g/mol. The van der Waals surface area contributed by atoms with Crippen molar-refractivity contribution in [2.75, 3.05) is 26.4 Å². The average molecular weight is 552 g/mol. The lowest BCUT2D eigenvalue weighted by Gasteiger charge is -2.13. The molecule has 2 rings (SSSR count). The summed E-state index contributed by atoms with van der Waals surface area (Å²) in [6.45, 7) is 6.99. The SMILES string of the molecule is CN=C(NCCCc1nnc(SC)n1CC(C)C)NCCc1ccc(Cl)nc1.I. The second-order valence-electron chi connectivity index (χ2n) is 6.88. The van der Waals surface area contributed by atoms with Crippen LogP contribution in [0.3, 0.4) is 0 Å². The van der Waals surface area contributed by atoms with Gasteiger partial charge in [0.05, 0.1) is 0 Å². The Bertz CT molecular complexity index is 750. The number of hydrogen-bond acceptors (Lipinski definition) is 5. The van der Waals surface area contributed by atoms with Crippen LogP contribution < -0.4 is 10.6 Å². The molecule has 2 aromatic rings. The zero-order valence-electron chi connectivity index (χ0n) is 17.5. The third-order valence-electron chi connectivity index (χ3n) is 4.11. The molecule has 0 saturated heterocycles. The Labute approximate surface area is 199 Å². The Morgan fingerprint density at radius 1 is 1.21 bits per heavy atom. The van der Waals surface area contributed by atoms with E-state index >= 15 is 0 Å². The molecule has 0 atom stereocenters. The quantitative estimate of drug-likeness (QED) is 0.117. The highest BCUT2D eigenvalue weighted by atomic mass is 127. The fourth-order valence-electron chi connectivity index (χ4n) is 2.76. The molecule has 0 radical (unpaired) electrons. The van der Waals surface area contributed by atoms with Crippen molar-refractivity contribution in [3.05, 3.63) is 34.9 Å². The van der Waals surface area contributed by atoms with Gasteiger partial charge in [-0.3, -0.25) is 4.99 Å². The van der Waals surface area contributed by atoms with Crippen LogP contribution in [0.4, 0.5) is 0 Å². The molecule has 29 heavy (non-hydrogen) atoms. The molecular weight excluding hydrogens is 521 g/mol. The first-order valence-corrected chi connectivity index (χ1v) is 11.1. The van der Waals surface area contributed by atoms with Gasteiger partial charge >= 0.3 is 0 Å². The van der Waals surface area contributed by atoms with Gasteiger partial charge in [-0.05, 0) is 36.6 Å². The third-order valence-corrected chi connectivity index (χ3v) is 5.00. The maximum Gasteiger partial charge on any atom is 0.190 e. The van der Waals surface area contributed by atoms with Gasteiger partial charge < -0.3 is 15.2 Å². The minimum absolute atomic E-state index is 0. The normalized spacial score (nSPS) is 11.4. The van der Waals surface area contributed by atoms with Gasteiger partial charge in [-0.15, -0.1) is 34.2 Å². The van der Waals surface area contributed by atoms with Crippen LogP contribution in [-0.2, 0) is 19.4 Å². The average Bonchev–Trinajstić information content (AvgIpc) is 3.06. The van der Waals surface area contributed by atoms with Crippen LogP contribution in [0.5, 0.6) is 0 Å². The van der Waals surface area contributed by atoms with E-state index in [1.807, 2.05) is 18.4 Å². The van der Waals surface area contributed by atoms with E-state index in [2.05, 4.69) is 49.2 Å². The van der Waals surface area contributed by atoms with Gasteiger partial charge in [0, 0.05) is 39.3 Å². The summed E-state index contributed by atoms with van der Waals surface area (Å²) in [6.07, 6.45) is 6.56. The number of rotatable bonds is 10. The maximum atomic E-state index is 5.81. The predicted octanol–water partition coefficient (Wildman–Crippen LogP) is 3.66. The first-order valence-electron chi connectivity index (χ1n) is 9.54. The lowest BCUT2D eigenvalue weighted by atomic mass is 10.2. The van der Waals surface area contributed by atoms with E-state index in [4.69, 9.17) is 11.6 Å². The number of nitrogens with zero attached hydrogens (tertiary/aromatic N) is 5. The van der Waals surface area contributed by atoms with Gasteiger partial charge in [-0.2, -0.15) is 0 Å². The molecule has 0 aromatic carbocycles. The second kappa shape index (κ2) is 14.0. The van der Waals surface area contributed by atoms with Crippen molar-refractivity contribution >= 4 is 53.3 Å². The molecule has 0 fully saturated rings. The first kappa shape index (κ1) is 26.0. The first-order chi connectivity index (χ1) is 13.5. The van der Waals surface area contributed by atoms with Crippen LogP contribution in [0.1, 0.15) is 31.7 Å². The van der Waals surface area contributed by atoms with Crippen molar-refractivity contribution in [1.29, 1.82) is 0 Å². The van der Waals surface area contributed by atoms with Gasteiger partial charge in [-0.1, -0.05) is 43.3 Å². The fraction of sp³-hybridized carbons (Fsp3) is 0.579. The highest BCUT2D eigenvalue weighted by Crippen LogP contribution is 2.16. The summed E-state index contributed by atoms with van der Waals surface area (Å²) in [7, 11) is 1.78. The molecular formula is C19H31ClIN7S. The van der Waals surface area contributed by atoms with E-state index in [-0.39, 0.29) is 24.0 Å². The Morgan fingerprint density at radius 2 is 1.97 bits per heavy atom. The lowest BCUT2D eigenvalue weighted by Crippen LogP contribution is -2.38. The lowest BCUT2D eigenvalue weighted by molar-refractivity contribution is 0.477. The number of thioether (sulfide) groups is 1. The number of aliphatic imine (C=N–C) groups is 1. The summed E-state index contributed by atoms with van der Waals surface area (Å²) in [4.78, 5) is 8.37. The van der Waals surface area contributed by atoms with Crippen LogP contribution in [0, 0.1) is 5.92 Å². The van der Waals surface area contributed by atoms with Crippen molar-refractivity contribution in [3.8, 4) is 0 Å². The molecule has 2 heterocycles. The highest BCUT2D eigenvalue weighted by Gasteiger charge is 2.12. The van der Waals surface area contributed by atoms with Crippen LogP contribution in [-0.4, -0.2) is 52.1 Å². The number of aromatic nitrogens is 4. The molecule has 162 valence electrons. The van der Waals surface area contributed by atoms with E-state index in [0.29, 0.717) is 11.1 Å². The Hall–Kier alpha value is -1.07. The topological polar surface area (TPSA) is 80.0 Å². The van der Waals surface area contributed by atoms with Crippen LogP contribution in [0.2, 0.25) is 5.15 Å². The number of halogens is 2. The van der Waals surface area contributed by atoms with E-state index in [0.717, 1.165) is 61.4 Å². The summed E-state index contributed by atoms with van der Waals surface area (Å²) in [5, 5.41) is 16.9. The maximum absolute atomic E-state index is 5.81. The van der Waals surface area contributed by atoms with Gasteiger partial charge in [0.25, 0.3) is 0 Å². The van der Waals surface area contributed by atoms with E-state index in [1.165, 1.54) is 0 Å². The summed E-state index contributed by atoms with van der Waals surface area (Å²) >= 11 is 7.46. The van der Waals surface area contributed by atoms with Crippen molar-refractivity contribution in [1.82, 2.24) is 30.4 Å². The second-order valence-corrected chi connectivity index (χ2v) is 8.04. The van der Waals surface area contributed by atoms with Crippen molar-refractivity contribution in [2.45, 2.75) is 44.8 Å².